The Morgan fingerprint density at radius 2 is 1.94 bits per heavy atom. The second-order valence-corrected chi connectivity index (χ2v) is 8.94. The van der Waals surface area contributed by atoms with Crippen molar-refractivity contribution in [1.82, 2.24) is 34.0 Å². The summed E-state index contributed by atoms with van der Waals surface area (Å²) in [6.07, 6.45) is 4.55. The quantitative estimate of drug-likeness (QED) is 0.411. The molecule has 11 heteroatoms. The first-order valence-electron chi connectivity index (χ1n) is 11.1. The number of fused-ring (bicyclic) bond motifs is 2. The van der Waals surface area contributed by atoms with E-state index in [-0.39, 0.29) is 16.8 Å². The van der Waals surface area contributed by atoms with Crippen molar-refractivity contribution in [3.05, 3.63) is 81.8 Å². The molecule has 0 amide bonds. The number of halogens is 3. The maximum absolute atomic E-state index is 15.4. The summed E-state index contributed by atoms with van der Waals surface area (Å²) in [4.78, 5) is 13.7. The number of aryl methyl sites for hydroxylation is 1. The molecule has 1 atom stereocenters. The summed E-state index contributed by atoms with van der Waals surface area (Å²) in [6.45, 7) is 3.30. The highest BCUT2D eigenvalue weighted by molar-refractivity contribution is 6.31. The lowest BCUT2D eigenvalue weighted by Crippen LogP contribution is -2.33. The lowest BCUT2D eigenvalue weighted by Gasteiger charge is -2.23. The van der Waals surface area contributed by atoms with Gasteiger partial charge < -0.3 is 5.32 Å². The normalized spacial score (nSPS) is 15.6. The van der Waals surface area contributed by atoms with E-state index in [0.717, 1.165) is 5.69 Å². The van der Waals surface area contributed by atoms with Crippen LogP contribution in [-0.2, 0) is 13.6 Å². The summed E-state index contributed by atoms with van der Waals surface area (Å²) in [5.74, 6) is -1.08. The number of aromatic nitrogens is 6. The van der Waals surface area contributed by atoms with E-state index in [9.17, 15) is 9.18 Å². The first-order valence-corrected chi connectivity index (χ1v) is 11.4. The van der Waals surface area contributed by atoms with Crippen LogP contribution < -0.4 is 11.0 Å². The van der Waals surface area contributed by atoms with E-state index in [1.165, 1.54) is 33.7 Å². The second-order valence-electron chi connectivity index (χ2n) is 8.53. The van der Waals surface area contributed by atoms with Gasteiger partial charge in [-0.15, -0.1) is 0 Å². The smallest absolute Gasteiger partial charge is 0.307 e. The number of rotatable bonds is 3. The van der Waals surface area contributed by atoms with Gasteiger partial charge in [-0.2, -0.15) is 10.2 Å². The molecule has 178 valence electrons. The van der Waals surface area contributed by atoms with Crippen LogP contribution in [0.15, 0.2) is 53.7 Å². The topological polar surface area (TPSA) is 74.6 Å². The van der Waals surface area contributed by atoms with Crippen molar-refractivity contribution >= 4 is 22.5 Å². The molecule has 0 spiro atoms. The van der Waals surface area contributed by atoms with Crippen molar-refractivity contribution in [2.75, 3.05) is 6.54 Å². The Hall–Kier alpha value is -3.76. The predicted molar refractivity (Wildman–Crippen MR) is 128 cm³/mol. The summed E-state index contributed by atoms with van der Waals surface area (Å²) in [5.41, 5.74) is 2.68. The molecule has 35 heavy (non-hydrogen) atoms. The van der Waals surface area contributed by atoms with Crippen LogP contribution >= 0.6 is 11.6 Å². The Morgan fingerprint density at radius 1 is 1.14 bits per heavy atom. The van der Waals surface area contributed by atoms with Crippen LogP contribution in [0.4, 0.5) is 8.78 Å². The van der Waals surface area contributed by atoms with Gasteiger partial charge >= 0.3 is 5.69 Å². The SMILES string of the molecule is C[C@@H]1NCCn2nc(-c3ccc(F)c(Cl)c3)c(-n3ccn(-c4ccc5c(cnn5C)c4F)c3=O)c21. The monoisotopic (exact) mass is 495 g/mol. The molecule has 4 heterocycles. The molecule has 1 N–H and O–H groups in total. The van der Waals surface area contributed by atoms with Crippen molar-refractivity contribution in [3.8, 4) is 22.6 Å². The number of nitrogens with zero attached hydrogens (tertiary/aromatic N) is 6. The number of imidazole rings is 1. The van der Waals surface area contributed by atoms with Gasteiger partial charge in [-0.05, 0) is 37.3 Å². The second kappa shape index (κ2) is 7.89. The molecular weight excluding hydrogens is 476 g/mol. The standard InChI is InChI=1S/C24H20ClF2N7O/c1-13-22-23(21(30-34(22)8-7-28-13)14-3-4-17(26)16(25)11-14)33-10-9-32(24(33)35)19-6-5-18-15(20(19)27)12-29-31(18)2/h3-6,9-13,28H,7-8H2,1-2H3/t13-/m0/s1. The zero-order valence-corrected chi connectivity index (χ0v) is 19.6. The minimum atomic E-state index is -0.541. The molecule has 0 aliphatic carbocycles. The first-order chi connectivity index (χ1) is 16.8. The van der Waals surface area contributed by atoms with Crippen LogP contribution in [0.2, 0.25) is 5.02 Å². The molecule has 8 nitrogen and oxygen atoms in total. The van der Waals surface area contributed by atoms with Crippen LogP contribution in [0.5, 0.6) is 0 Å². The van der Waals surface area contributed by atoms with Crippen molar-refractivity contribution in [2.45, 2.75) is 19.5 Å². The summed E-state index contributed by atoms with van der Waals surface area (Å²) in [5, 5.41) is 12.5. The van der Waals surface area contributed by atoms with E-state index in [1.807, 2.05) is 11.6 Å². The minimum Gasteiger partial charge on any atom is -0.307 e. The summed E-state index contributed by atoms with van der Waals surface area (Å²) >= 11 is 6.06. The fourth-order valence-corrected chi connectivity index (χ4v) is 4.90. The van der Waals surface area contributed by atoms with Gasteiger partial charge in [-0.25, -0.2) is 13.6 Å². The van der Waals surface area contributed by atoms with Gasteiger partial charge in [0.1, 0.15) is 17.2 Å². The zero-order valence-electron chi connectivity index (χ0n) is 18.8. The highest BCUT2D eigenvalue weighted by Gasteiger charge is 2.29. The van der Waals surface area contributed by atoms with Crippen LogP contribution in [0.3, 0.4) is 0 Å². The Kier molecular flexibility index (Phi) is 4.90. The molecule has 1 aliphatic rings. The van der Waals surface area contributed by atoms with E-state index >= 15 is 4.39 Å². The summed E-state index contributed by atoms with van der Waals surface area (Å²) in [6, 6.07) is 7.52. The van der Waals surface area contributed by atoms with E-state index in [4.69, 9.17) is 16.7 Å². The number of nitrogens with one attached hydrogen (secondary N) is 1. The first kappa shape index (κ1) is 21.8. The molecular formula is C24H20ClF2N7O. The zero-order chi connectivity index (χ0) is 24.4. The van der Waals surface area contributed by atoms with Gasteiger partial charge in [-0.1, -0.05) is 11.6 Å². The molecule has 3 aromatic heterocycles. The summed E-state index contributed by atoms with van der Waals surface area (Å²) in [7, 11) is 1.73. The van der Waals surface area contributed by atoms with Crippen LogP contribution in [0, 0.1) is 11.6 Å². The van der Waals surface area contributed by atoms with Gasteiger partial charge in [0.25, 0.3) is 0 Å². The molecule has 1 aliphatic heterocycles. The largest absolute Gasteiger partial charge is 0.337 e. The highest BCUT2D eigenvalue weighted by Crippen LogP contribution is 2.35. The van der Waals surface area contributed by atoms with E-state index < -0.39 is 17.3 Å². The molecule has 0 radical (unpaired) electrons. The average molecular weight is 496 g/mol. The maximum atomic E-state index is 15.4. The lowest BCUT2D eigenvalue weighted by atomic mass is 10.1. The Morgan fingerprint density at radius 3 is 2.74 bits per heavy atom. The lowest BCUT2D eigenvalue weighted by molar-refractivity contribution is 0.419. The third-order valence-corrected chi connectivity index (χ3v) is 6.76. The Labute approximate surface area is 203 Å². The highest BCUT2D eigenvalue weighted by atomic mass is 35.5. The molecule has 0 fully saturated rings. The van der Waals surface area contributed by atoms with Gasteiger partial charge in [0.05, 0.1) is 40.0 Å². The predicted octanol–water partition coefficient (Wildman–Crippen LogP) is 3.97. The maximum Gasteiger partial charge on any atom is 0.337 e. The van der Waals surface area contributed by atoms with Crippen molar-refractivity contribution in [3.63, 3.8) is 0 Å². The van der Waals surface area contributed by atoms with Crippen molar-refractivity contribution in [1.29, 1.82) is 0 Å². The van der Waals surface area contributed by atoms with Gasteiger partial charge in [0.2, 0.25) is 0 Å². The van der Waals surface area contributed by atoms with Gasteiger partial charge in [-0.3, -0.25) is 18.5 Å². The van der Waals surface area contributed by atoms with Crippen LogP contribution in [0.25, 0.3) is 33.5 Å². The van der Waals surface area contributed by atoms with E-state index in [2.05, 4.69) is 10.4 Å². The number of hydrogen-bond donors (Lipinski definition) is 1. The van der Waals surface area contributed by atoms with Gasteiger partial charge in [0, 0.05) is 37.6 Å². The molecule has 0 saturated carbocycles. The van der Waals surface area contributed by atoms with Gasteiger partial charge in [0.15, 0.2) is 5.82 Å². The average Bonchev–Trinajstić information content (AvgIpc) is 3.52. The summed E-state index contributed by atoms with van der Waals surface area (Å²) < 4.78 is 35.3. The van der Waals surface area contributed by atoms with Crippen molar-refractivity contribution < 1.29 is 8.78 Å². The van der Waals surface area contributed by atoms with Crippen LogP contribution in [-0.4, -0.2) is 35.2 Å². The number of benzene rings is 2. The molecule has 0 unspecified atom stereocenters. The van der Waals surface area contributed by atoms with Crippen LogP contribution in [0.1, 0.15) is 18.7 Å². The molecule has 2 aromatic carbocycles. The van der Waals surface area contributed by atoms with E-state index in [0.29, 0.717) is 40.9 Å². The fraction of sp³-hybridized carbons (Fsp3) is 0.208. The van der Waals surface area contributed by atoms with Crippen molar-refractivity contribution in [2.24, 2.45) is 7.05 Å². The minimum absolute atomic E-state index is 0.0395. The Balaban J connectivity index is 1.58. The molecule has 0 saturated heterocycles. The third-order valence-electron chi connectivity index (χ3n) is 6.47. The van der Waals surface area contributed by atoms with E-state index in [1.54, 1.807) is 36.1 Å². The molecule has 5 aromatic rings. The fourth-order valence-electron chi connectivity index (χ4n) is 4.72. The number of hydrogen-bond acceptors (Lipinski definition) is 4. The third kappa shape index (κ3) is 3.24. The molecule has 6 rings (SSSR count). The molecule has 0 bridgehead atoms. The Bertz CT molecular complexity index is 1680.